The van der Waals surface area contributed by atoms with Crippen LogP contribution in [0.15, 0.2) is 11.6 Å². The highest BCUT2D eigenvalue weighted by molar-refractivity contribution is 7.81. The van der Waals surface area contributed by atoms with E-state index in [-0.39, 0.29) is 11.7 Å². The average Bonchev–Trinajstić information content (AvgIpc) is 2.41. The van der Waals surface area contributed by atoms with Crippen LogP contribution in [0.2, 0.25) is 0 Å². The standard InChI is InChI=1S/C3H4N2S.C2H5NOS/c4-3-5-1-2-6-3;3-2(4)1-5/h1-2H,(H2,4,5);5H,1H2,(H2,3,4). The molecule has 0 spiro atoms. The highest BCUT2D eigenvalue weighted by Crippen LogP contribution is 2.02. The highest BCUT2D eigenvalue weighted by Gasteiger charge is 1.78. The summed E-state index contributed by atoms with van der Waals surface area (Å²) < 4.78 is 0. The Morgan fingerprint density at radius 3 is 2.45 bits per heavy atom. The SMILES string of the molecule is NC(=O)CS.Nc1nccs1. The monoisotopic (exact) mass is 191 g/mol. The summed E-state index contributed by atoms with van der Waals surface area (Å²) in [5.74, 6) is -0.242. The summed E-state index contributed by atoms with van der Waals surface area (Å²) in [6, 6.07) is 0. The molecule has 1 aromatic rings. The number of nitrogens with zero attached hydrogens (tertiary/aromatic N) is 1. The molecule has 4 N–H and O–H groups in total. The van der Waals surface area contributed by atoms with Crippen molar-refractivity contribution < 1.29 is 4.79 Å². The number of aromatic nitrogens is 1. The number of thiazole rings is 1. The number of nitrogen functional groups attached to an aromatic ring is 1. The molecule has 0 bridgehead atoms. The smallest absolute Gasteiger partial charge is 0.227 e. The Balaban J connectivity index is 0.000000187. The molecule has 0 saturated carbocycles. The maximum atomic E-state index is 9.51. The minimum absolute atomic E-state index is 0.139. The lowest BCUT2D eigenvalue weighted by Crippen LogP contribution is -2.10. The number of hydrogen-bond donors (Lipinski definition) is 3. The van der Waals surface area contributed by atoms with Gasteiger partial charge in [-0.05, 0) is 0 Å². The number of carbonyl (C=O) groups excluding carboxylic acids is 1. The number of rotatable bonds is 1. The van der Waals surface area contributed by atoms with Gasteiger partial charge in [0.25, 0.3) is 0 Å². The average molecular weight is 191 g/mol. The van der Waals surface area contributed by atoms with Crippen molar-refractivity contribution in [1.82, 2.24) is 4.98 Å². The number of hydrogen-bond acceptors (Lipinski definition) is 5. The molecule has 62 valence electrons. The van der Waals surface area contributed by atoms with Crippen LogP contribution >= 0.6 is 24.0 Å². The van der Waals surface area contributed by atoms with Gasteiger partial charge in [0.15, 0.2) is 5.13 Å². The molecule has 0 fully saturated rings. The molecule has 4 nitrogen and oxygen atoms in total. The first-order valence-corrected chi connectivity index (χ1v) is 4.22. The maximum Gasteiger partial charge on any atom is 0.227 e. The fourth-order valence-corrected chi connectivity index (χ4v) is 0.617. The maximum absolute atomic E-state index is 9.51. The van der Waals surface area contributed by atoms with Crippen molar-refractivity contribution in [2.24, 2.45) is 5.73 Å². The number of anilines is 1. The van der Waals surface area contributed by atoms with E-state index in [9.17, 15) is 4.79 Å². The molecule has 0 atom stereocenters. The zero-order chi connectivity index (χ0) is 8.69. The molecule has 0 aliphatic rings. The van der Waals surface area contributed by atoms with Gasteiger partial charge in [0.1, 0.15) is 0 Å². The second-order valence-electron chi connectivity index (χ2n) is 1.49. The Bertz CT molecular complexity index is 200. The number of primary amides is 1. The van der Waals surface area contributed by atoms with Crippen LogP contribution in [0.1, 0.15) is 0 Å². The molecule has 1 aromatic heterocycles. The van der Waals surface area contributed by atoms with Crippen LogP contribution < -0.4 is 11.5 Å². The zero-order valence-corrected chi connectivity index (χ0v) is 7.44. The van der Waals surface area contributed by atoms with Crippen molar-refractivity contribution >= 4 is 35.0 Å². The summed E-state index contributed by atoms with van der Waals surface area (Å²) in [5.41, 5.74) is 9.76. The number of carbonyl (C=O) groups is 1. The Morgan fingerprint density at radius 1 is 1.82 bits per heavy atom. The van der Waals surface area contributed by atoms with Crippen molar-refractivity contribution in [2.75, 3.05) is 11.5 Å². The van der Waals surface area contributed by atoms with Crippen LogP contribution in [-0.2, 0) is 4.79 Å². The van der Waals surface area contributed by atoms with E-state index in [4.69, 9.17) is 5.73 Å². The predicted molar refractivity (Wildman–Crippen MR) is 49.6 cm³/mol. The van der Waals surface area contributed by atoms with Crippen LogP contribution in [0.5, 0.6) is 0 Å². The summed E-state index contributed by atoms with van der Waals surface area (Å²) >= 11 is 4.99. The van der Waals surface area contributed by atoms with Gasteiger partial charge >= 0.3 is 0 Å². The van der Waals surface area contributed by atoms with Gasteiger partial charge in [-0.15, -0.1) is 11.3 Å². The third-order valence-corrected chi connectivity index (χ3v) is 1.52. The summed E-state index contributed by atoms with van der Waals surface area (Å²) in [6.07, 6.45) is 1.68. The van der Waals surface area contributed by atoms with E-state index in [1.807, 2.05) is 5.38 Å². The van der Waals surface area contributed by atoms with E-state index in [0.29, 0.717) is 5.13 Å². The van der Waals surface area contributed by atoms with Gasteiger partial charge in [0.05, 0.1) is 5.75 Å². The Labute approximate surface area is 74.0 Å². The normalized spacial score (nSPS) is 8.09. The van der Waals surface area contributed by atoms with Crippen LogP contribution in [0.4, 0.5) is 5.13 Å². The minimum Gasteiger partial charge on any atom is -0.375 e. The van der Waals surface area contributed by atoms with Gasteiger partial charge in [0, 0.05) is 11.6 Å². The molecule has 11 heavy (non-hydrogen) atoms. The molecule has 1 amide bonds. The molecule has 0 aromatic carbocycles. The van der Waals surface area contributed by atoms with E-state index < -0.39 is 0 Å². The number of nitrogens with two attached hydrogens (primary N) is 2. The van der Waals surface area contributed by atoms with Crippen LogP contribution in [0.3, 0.4) is 0 Å². The summed E-state index contributed by atoms with van der Waals surface area (Å²) in [6.45, 7) is 0. The molecule has 0 radical (unpaired) electrons. The van der Waals surface area contributed by atoms with Crippen molar-refractivity contribution in [1.29, 1.82) is 0 Å². The third-order valence-electron chi connectivity index (χ3n) is 0.607. The summed E-state index contributed by atoms with van der Waals surface area (Å²) in [5, 5.41) is 2.48. The zero-order valence-electron chi connectivity index (χ0n) is 5.73. The highest BCUT2D eigenvalue weighted by atomic mass is 32.1. The third kappa shape index (κ3) is 7.14. The first kappa shape index (κ1) is 10.2. The van der Waals surface area contributed by atoms with Crippen molar-refractivity contribution in [2.45, 2.75) is 0 Å². The first-order valence-electron chi connectivity index (χ1n) is 2.71. The van der Waals surface area contributed by atoms with E-state index >= 15 is 0 Å². The molecule has 0 aliphatic heterocycles. The summed E-state index contributed by atoms with van der Waals surface area (Å²) in [4.78, 5) is 13.2. The quantitative estimate of drug-likeness (QED) is 0.552. The van der Waals surface area contributed by atoms with Crippen LogP contribution in [-0.4, -0.2) is 16.6 Å². The Morgan fingerprint density at radius 2 is 2.36 bits per heavy atom. The van der Waals surface area contributed by atoms with Crippen molar-refractivity contribution in [3.8, 4) is 0 Å². The molecule has 0 aliphatic carbocycles. The molecule has 1 rings (SSSR count). The van der Waals surface area contributed by atoms with Gasteiger partial charge in [-0.25, -0.2) is 4.98 Å². The van der Waals surface area contributed by atoms with Gasteiger partial charge in [-0.1, -0.05) is 0 Å². The van der Waals surface area contributed by atoms with E-state index in [1.165, 1.54) is 11.3 Å². The van der Waals surface area contributed by atoms with Crippen LogP contribution in [0, 0.1) is 0 Å². The fraction of sp³-hybridized carbons (Fsp3) is 0.200. The molecule has 6 heteroatoms. The second-order valence-corrected chi connectivity index (χ2v) is 2.74. The second kappa shape index (κ2) is 5.99. The molecular weight excluding hydrogens is 182 g/mol. The van der Waals surface area contributed by atoms with E-state index in [1.54, 1.807) is 6.20 Å². The molecule has 0 saturated heterocycles. The lowest BCUT2D eigenvalue weighted by Gasteiger charge is -1.72. The van der Waals surface area contributed by atoms with E-state index in [0.717, 1.165) is 0 Å². The molecule has 1 heterocycles. The molecule has 0 unspecified atom stereocenters. The van der Waals surface area contributed by atoms with Gasteiger partial charge in [0.2, 0.25) is 5.91 Å². The van der Waals surface area contributed by atoms with Gasteiger partial charge in [-0.2, -0.15) is 12.6 Å². The first-order chi connectivity index (χ1) is 5.16. The number of amides is 1. The predicted octanol–water partition coefficient (Wildman–Crippen LogP) is 0.127. The van der Waals surface area contributed by atoms with Gasteiger partial charge < -0.3 is 11.5 Å². The topological polar surface area (TPSA) is 82.0 Å². The van der Waals surface area contributed by atoms with Crippen molar-refractivity contribution in [3.05, 3.63) is 11.6 Å². The lowest BCUT2D eigenvalue weighted by molar-refractivity contribution is -0.115. The Kier molecular flexibility index (Phi) is 5.58. The largest absolute Gasteiger partial charge is 0.375 e. The fourth-order valence-electron chi connectivity index (χ4n) is 0.234. The minimum atomic E-state index is -0.381. The lowest BCUT2D eigenvalue weighted by atomic mass is 10.8. The van der Waals surface area contributed by atoms with E-state index in [2.05, 4.69) is 23.3 Å². The Hall–Kier alpha value is -0.750. The number of thiol groups is 1. The summed E-state index contributed by atoms with van der Waals surface area (Å²) in [7, 11) is 0. The van der Waals surface area contributed by atoms with Gasteiger partial charge in [-0.3, -0.25) is 4.79 Å². The van der Waals surface area contributed by atoms with Crippen molar-refractivity contribution in [3.63, 3.8) is 0 Å². The van der Waals surface area contributed by atoms with Crippen LogP contribution in [0.25, 0.3) is 0 Å². The molecular formula is C5H9N3OS2.